The fourth-order valence-electron chi connectivity index (χ4n) is 0.167. The van der Waals surface area contributed by atoms with Gasteiger partial charge in [-0.1, -0.05) is 6.92 Å². The number of carboxylic acid groups (broad SMARTS) is 1. The van der Waals surface area contributed by atoms with Crippen LogP contribution in [0.15, 0.2) is 0 Å². The summed E-state index contributed by atoms with van der Waals surface area (Å²) in [5.74, 6) is -1.09. The Morgan fingerprint density at radius 2 is 2.25 bits per heavy atom. The molecule has 0 spiro atoms. The maximum absolute atomic E-state index is 9.74. The molecule has 0 heterocycles. The van der Waals surface area contributed by atoms with Gasteiger partial charge in [0.2, 0.25) is 0 Å². The molecule has 0 aromatic heterocycles. The summed E-state index contributed by atoms with van der Waals surface area (Å²) in [6.45, 7) is 1.74. The third-order valence-electron chi connectivity index (χ3n) is 0.659. The third kappa shape index (κ3) is 5.59. The summed E-state index contributed by atoms with van der Waals surface area (Å²) in [7, 11) is 0. The standard InChI is InChI=1S/C4H8O2S.K/c1-2-3(7)4(5)6;/h3,7H,2H2,1H3,(H,5,6);/q;+1/p-1/t3-;/m1./s1. The van der Waals surface area contributed by atoms with Crippen LogP contribution < -0.4 is 56.5 Å². The predicted molar refractivity (Wildman–Crippen MR) is 28.1 cm³/mol. The Kier molecular flexibility index (Phi) is 10.00. The summed E-state index contributed by atoms with van der Waals surface area (Å²) in [5.41, 5.74) is 0. The zero-order valence-electron chi connectivity index (χ0n) is 5.05. The Labute approximate surface area is 96.9 Å². The van der Waals surface area contributed by atoms with Crippen LogP contribution in [-0.2, 0) is 4.79 Å². The van der Waals surface area contributed by atoms with Crippen molar-refractivity contribution in [2.24, 2.45) is 0 Å². The van der Waals surface area contributed by atoms with Crippen LogP contribution >= 0.6 is 12.6 Å². The number of aliphatic carboxylic acids is 1. The van der Waals surface area contributed by atoms with E-state index in [1.165, 1.54) is 0 Å². The number of thiol groups is 1. The van der Waals surface area contributed by atoms with Crippen LogP contribution in [0.25, 0.3) is 0 Å². The van der Waals surface area contributed by atoms with Crippen molar-refractivity contribution >= 4 is 18.6 Å². The number of carbonyl (C=O) groups excluding carboxylic acids is 1. The summed E-state index contributed by atoms with van der Waals surface area (Å²) >= 11 is 3.66. The Morgan fingerprint density at radius 1 is 1.88 bits per heavy atom. The van der Waals surface area contributed by atoms with Gasteiger partial charge < -0.3 is 9.90 Å². The third-order valence-corrected chi connectivity index (χ3v) is 1.23. The van der Waals surface area contributed by atoms with Gasteiger partial charge in [0.25, 0.3) is 0 Å². The second-order valence-corrected chi connectivity index (χ2v) is 1.87. The van der Waals surface area contributed by atoms with Gasteiger partial charge in [-0.2, -0.15) is 12.6 Å². The zero-order valence-corrected chi connectivity index (χ0v) is 9.07. The van der Waals surface area contributed by atoms with Crippen molar-refractivity contribution in [3.8, 4) is 0 Å². The molecular weight excluding hydrogens is 151 g/mol. The van der Waals surface area contributed by atoms with E-state index in [9.17, 15) is 9.90 Å². The van der Waals surface area contributed by atoms with Gasteiger partial charge in [0.15, 0.2) is 0 Å². The van der Waals surface area contributed by atoms with E-state index in [4.69, 9.17) is 0 Å². The second kappa shape index (κ2) is 6.57. The molecule has 2 nitrogen and oxygen atoms in total. The van der Waals surface area contributed by atoms with Gasteiger partial charge in [-0.05, 0) is 6.42 Å². The van der Waals surface area contributed by atoms with Crippen molar-refractivity contribution in [3.05, 3.63) is 0 Å². The van der Waals surface area contributed by atoms with Crippen molar-refractivity contribution < 1.29 is 61.3 Å². The van der Waals surface area contributed by atoms with E-state index in [-0.39, 0.29) is 51.4 Å². The topological polar surface area (TPSA) is 40.1 Å². The van der Waals surface area contributed by atoms with E-state index in [0.29, 0.717) is 6.42 Å². The first-order chi connectivity index (χ1) is 3.18. The van der Waals surface area contributed by atoms with Crippen LogP contribution in [0, 0.1) is 0 Å². The molecule has 0 rings (SSSR count). The van der Waals surface area contributed by atoms with E-state index in [1.807, 2.05) is 0 Å². The van der Waals surface area contributed by atoms with Crippen molar-refractivity contribution in [1.29, 1.82) is 0 Å². The number of carboxylic acids is 1. The monoisotopic (exact) mass is 158 g/mol. The zero-order chi connectivity index (χ0) is 5.86. The predicted octanol–water partition coefficient (Wildman–Crippen LogP) is -3.55. The summed E-state index contributed by atoms with van der Waals surface area (Å²) in [6.07, 6.45) is 0.519. The normalized spacial score (nSPS) is 11.8. The van der Waals surface area contributed by atoms with Gasteiger partial charge in [-0.25, -0.2) is 0 Å². The molecule has 0 aromatic rings. The maximum Gasteiger partial charge on any atom is 1.00 e. The summed E-state index contributed by atoms with van der Waals surface area (Å²) in [5, 5.41) is 9.15. The Bertz CT molecular complexity index is 76.4. The van der Waals surface area contributed by atoms with Crippen LogP contribution in [-0.4, -0.2) is 11.2 Å². The first-order valence-electron chi connectivity index (χ1n) is 2.07. The second-order valence-electron chi connectivity index (χ2n) is 1.24. The molecule has 0 saturated heterocycles. The molecule has 0 aliphatic heterocycles. The molecule has 0 bridgehead atoms. The van der Waals surface area contributed by atoms with Crippen LogP contribution in [0.2, 0.25) is 0 Å². The van der Waals surface area contributed by atoms with E-state index in [1.54, 1.807) is 6.92 Å². The number of hydrogen-bond acceptors (Lipinski definition) is 3. The van der Waals surface area contributed by atoms with E-state index >= 15 is 0 Å². The molecule has 42 valence electrons. The number of rotatable bonds is 2. The average Bonchev–Trinajstić information content (AvgIpc) is 1.65. The van der Waals surface area contributed by atoms with Gasteiger partial charge >= 0.3 is 51.4 Å². The first kappa shape index (κ1) is 12.2. The van der Waals surface area contributed by atoms with Crippen LogP contribution in [0.4, 0.5) is 0 Å². The minimum Gasteiger partial charge on any atom is -0.549 e. The van der Waals surface area contributed by atoms with Crippen molar-refractivity contribution in [2.45, 2.75) is 18.6 Å². The quantitative estimate of drug-likeness (QED) is 0.334. The van der Waals surface area contributed by atoms with Crippen LogP contribution in [0.1, 0.15) is 13.3 Å². The molecule has 0 aliphatic rings. The fourth-order valence-corrected chi connectivity index (χ4v) is 0.167. The van der Waals surface area contributed by atoms with Crippen LogP contribution in [0.5, 0.6) is 0 Å². The van der Waals surface area contributed by atoms with Gasteiger partial charge in [-0.3, -0.25) is 0 Å². The largest absolute Gasteiger partial charge is 1.00 e. The fraction of sp³-hybridized carbons (Fsp3) is 0.750. The average molecular weight is 158 g/mol. The van der Waals surface area contributed by atoms with E-state index in [2.05, 4.69) is 12.6 Å². The van der Waals surface area contributed by atoms with Crippen LogP contribution in [0.3, 0.4) is 0 Å². The smallest absolute Gasteiger partial charge is 0.549 e. The molecule has 0 aromatic carbocycles. The first-order valence-corrected chi connectivity index (χ1v) is 2.59. The molecule has 0 N–H and O–H groups in total. The number of hydrogen-bond donors (Lipinski definition) is 1. The molecule has 0 amide bonds. The molecule has 0 saturated carbocycles. The van der Waals surface area contributed by atoms with E-state index < -0.39 is 11.2 Å². The molecule has 4 heteroatoms. The Morgan fingerprint density at radius 3 is 2.25 bits per heavy atom. The van der Waals surface area contributed by atoms with Gasteiger partial charge in [-0.15, -0.1) is 0 Å². The molecule has 0 unspecified atom stereocenters. The Hall–Kier alpha value is 1.46. The molecular formula is C4H7KO2S. The molecule has 0 fully saturated rings. The van der Waals surface area contributed by atoms with Gasteiger partial charge in [0.05, 0.1) is 5.97 Å². The SMILES string of the molecule is CC[C@@H](S)C(=O)[O-].[K+]. The van der Waals surface area contributed by atoms with Gasteiger partial charge in [0, 0.05) is 5.25 Å². The summed E-state index contributed by atoms with van der Waals surface area (Å²) < 4.78 is 0. The Balaban J connectivity index is 0. The minimum atomic E-state index is -1.09. The molecule has 8 heavy (non-hydrogen) atoms. The summed E-state index contributed by atoms with van der Waals surface area (Å²) in [6, 6.07) is 0. The molecule has 0 aliphatic carbocycles. The maximum atomic E-state index is 9.74. The van der Waals surface area contributed by atoms with Crippen molar-refractivity contribution in [1.82, 2.24) is 0 Å². The van der Waals surface area contributed by atoms with Crippen molar-refractivity contribution in [3.63, 3.8) is 0 Å². The van der Waals surface area contributed by atoms with Gasteiger partial charge in [0.1, 0.15) is 0 Å². The summed E-state index contributed by atoms with van der Waals surface area (Å²) in [4.78, 5) is 9.74. The number of carbonyl (C=O) groups is 1. The van der Waals surface area contributed by atoms with E-state index in [0.717, 1.165) is 0 Å². The molecule has 0 radical (unpaired) electrons. The van der Waals surface area contributed by atoms with Crippen molar-refractivity contribution in [2.75, 3.05) is 0 Å². The molecule has 1 atom stereocenters. The minimum absolute atomic E-state index is 0.